The molecule has 0 radical (unpaired) electrons. The fourth-order valence-corrected chi connectivity index (χ4v) is 4.04. The first kappa shape index (κ1) is 26.0. The van der Waals surface area contributed by atoms with Gasteiger partial charge in [-0.1, -0.05) is 12.1 Å². The SMILES string of the molecule is CCNC(=O)[C@H](C)N(Cc1ccc(OC)cc1)C(=O)CN(c1ccc(OC)cc1)S(C)(=O)=O. The van der Waals surface area contributed by atoms with E-state index in [1.54, 1.807) is 69.5 Å². The maximum absolute atomic E-state index is 13.4. The quantitative estimate of drug-likeness (QED) is 0.531. The Bertz CT molecular complexity index is 1040. The number of benzene rings is 2. The van der Waals surface area contributed by atoms with Crippen molar-refractivity contribution in [2.45, 2.75) is 26.4 Å². The zero-order valence-electron chi connectivity index (χ0n) is 19.6. The van der Waals surface area contributed by atoms with Crippen LogP contribution in [0.15, 0.2) is 48.5 Å². The summed E-state index contributed by atoms with van der Waals surface area (Å²) in [6.45, 7) is 3.49. The van der Waals surface area contributed by atoms with E-state index in [4.69, 9.17) is 9.47 Å². The second-order valence-corrected chi connectivity index (χ2v) is 9.31. The third-order valence-corrected chi connectivity index (χ3v) is 6.21. The van der Waals surface area contributed by atoms with Gasteiger partial charge < -0.3 is 19.7 Å². The first-order chi connectivity index (χ1) is 15.6. The van der Waals surface area contributed by atoms with Gasteiger partial charge in [-0.05, 0) is 55.8 Å². The Hall–Kier alpha value is -3.27. The number of anilines is 1. The molecule has 0 aliphatic heterocycles. The number of amides is 2. The number of hydrogen-bond acceptors (Lipinski definition) is 6. The van der Waals surface area contributed by atoms with Gasteiger partial charge in [0.2, 0.25) is 21.8 Å². The van der Waals surface area contributed by atoms with Gasteiger partial charge in [-0.25, -0.2) is 8.42 Å². The van der Waals surface area contributed by atoms with E-state index in [0.29, 0.717) is 23.7 Å². The smallest absolute Gasteiger partial charge is 0.244 e. The van der Waals surface area contributed by atoms with Crippen LogP contribution in [0, 0.1) is 0 Å². The molecule has 2 aromatic rings. The van der Waals surface area contributed by atoms with E-state index in [1.165, 1.54) is 12.0 Å². The highest BCUT2D eigenvalue weighted by atomic mass is 32.2. The van der Waals surface area contributed by atoms with Gasteiger partial charge in [0.15, 0.2) is 0 Å². The van der Waals surface area contributed by atoms with E-state index >= 15 is 0 Å². The topological polar surface area (TPSA) is 105 Å². The van der Waals surface area contributed by atoms with Crippen molar-refractivity contribution in [3.8, 4) is 11.5 Å². The molecule has 0 aliphatic carbocycles. The third-order valence-electron chi connectivity index (χ3n) is 5.07. The van der Waals surface area contributed by atoms with Gasteiger partial charge in [0.1, 0.15) is 24.1 Å². The Morgan fingerprint density at radius 2 is 1.48 bits per heavy atom. The number of ether oxygens (including phenoxy) is 2. The predicted molar refractivity (Wildman–Crippen MR) is 127 cm³/mol. The van der Waals surface area contributed by atoms with E-state index in [-0.39, 0.29) is 12.5 Å². The van der Waals surface area contributed by atoms with E-state index in [9.17, 15) is 18.0 Å². The third kappa shape index (κ3) is 7.11. The molecule has 2 amide bonds. The van der Waals surface area contributed by atoms with E-state index < -0.39 is 28.5 Å². The number of carbonyl (C=O) groups excluding carboxylic acids is 2. The molecule has 9 nitrogen and oxygen atoms in total. The zero-order valence-corrected chi connectivity index (χ0v) is 20.4. The lowest BCUT2D eigenvalue weighted by molar-refractivity contribution is -0.139. The standard InChI is InChI=1S/C23H31N3O6S/c1-6-24-23(28)17(2)25(15-18-7-11-20(31-3)12-8-18)22(27)16-26(33(5,29)30)19-9-13-21(32-4)14-10-19/h7-14,17H,6,15-16H2,1-5H3,(H,24,28)/t17-/m0/s1. The second-order valence-electron chi connectivity index (χ2n) is 7.41. The van der Waals surface area contributed by atoms with Crippen LogP contribution < -0.4 is 19.1 Å². The Morgan fingerprint density at radius 1 is 0.970 bits per heavy atom. The van der Waals surface area contributed by atoms with Crippen LogP contribution in [0.5, 0.6) is 11.5 Å². The fraction of sp³-hybridized carbons (Fsp3) is 0.391. The number of likely N-dealkylation sites (N-methyl/N-ethyl adjacent to an activating group) is 1. The van der Waals surface area contributed by atoms with Gasteiger partial charge in [-0.2, -0.15) is 0 Å². The van der Waals surface area contributed by atoms with Crippen molar-refractivity contribution in [1.82, 2.24) is 10.2 Å². The molecule has 1 atom stereocenters. The van der Waals surface area contributed by atoms with E-state index in [1.807, 2.05) is 0 Å². The van der Waals surface area contributed by atoms with Gasteiger partial charge in [0.05, 0.1) is 26.2 Å². The summed E-state index contributed by atoms with van der Waals surface area (Å²) in [6.07, 6.45) is 1.03. The number of methoxy groups -OCH3 is 2. The number of hydrogen-bond donors (Lipinski definition) is 1. The molecule has 0 bridgehead atoms. The Balaban J connectivity index is 2.35. The molecule has 2 rings (SSSR count). The van der Waals surface area contributed by atoms with Crippen molar-refractivity contribution in [2.75, 3.05) is 37.9 Å². The van der Waals surface area contributed by atoms with Crippen LogP contribution in [0.2, 0.25) is 0 Å². The van der Waals surface area contributed by atoms with Crippen LogP contribution in [-0.4, -0.2) is 64.7 Å². The molecular formula is C23H31N3O6S. The van der Waals surface area contributed by atoms with Gasteiger partial charge in [-0.15, -0.1) is 0 Å². The lowest BCUT2D eigenvalue weighted by Gasteiger charge is -2.31. The van der Waals surface area contributed by atoms with Gasteiger partial charge >= 0.3 is 0 Å². The number of nitrogens with zero attached hydrogens (tertiary/aromatic N) is 2. The average molecular weight is 478 g/mol. The molecule has 180 valence electrons. The van der Waals surface area contributed by atoms with Crippen LogP contribution in [0.1, 0.15) is 19.4 Å². The molecule has 0 fully saturated rings. The van der Waals surface area contributed by atoms with Gasteiger partial charge in [0.25, 0.3) is 0 Å². The highest BCUT2D eigenvalue weighted by Gasteiger charge is 2.29. The molecule has 10 heteroatoms. The number of rotatable bonds is 11. The molecule has 0 saturated carbocycles. The molecule has 0 spiro atoms. The highest BCUT2D eigenvalue weighted by molar-refractivity contribution is 7.92. The summed E-state index contributed by atoms with van der Waals surface area (Å²) < 4.78 is 36.3. The van der Waals surface area contributed by atoms with E-state index in [0.717, 1.165) is 16.1 Å². The summed E-state index contributed by atoms with van der Waals surface area (Å²) in [5.74, 6) is 0.390. The molecule has 0 saturated heterocycles. The maximum atomic E-state index is 13.4. The summed E-state index contributed by atoms with van der Waals surface area (Å²) in [5, 5.41) is 2.71. The first-order valence-electron chi connectivity index (χ1n) is 10.4. The fourth-order valence-electron chi connectivity index (χ4n) is 3.19. The maximum Gasteiger partial charge on any atom is 0.244 e. The van der Waals surface area contributed by atoms with Crippen LogP contribution in [0.3, 0.4) is 0 Å². The molecule has 0 unspecified atom stereocenters. The molecule has 1 N–H and O–H groups in total. The van der Waals surface area contributed by atoms with Crippen LogP contribution in [-0.2, 0) is 26.2 Å². The van der Waals surface area contributed by atoms with Gasteiger partial charge in [-0.3, -0.25) is 13.9 Å². The average Bonchev–Trinajstić information content (AvgIpc) is 2.80. The Labute approximate surface area is 195 Å². The number of nitrogens with one attached hydrogen (secondary N) is 1. The van der Waals surface area contributed by atoms with Crippen LogP contribution in [0.4, 0.5) is 5.69 Å². The van der Waals surface area contributed by atoms with Crippen molar-refractivity contribution in [2.24, 2.45) is 0 Å². The predicted octanol–water partition coefficient (Wildman–Crippen LogP) is 2.02. The van der Waals surface area contributed by atoms with Gasteiger partial charge in [0, 0.05) is 13.1 Å². The lowest BCUT2D eigenvalue weighted by Crippen LogP contribution is -2.51. The Kier molecular flexibility index (Phi) is 9.10. The highest BCUT2D eigenvalue weighted by Crippen LogP contribution is 2.22. The molecule has 33 heavy (non-hydrogen) atoms. The van der Waals surface area contributed by atoms with E-state index in [2.05, 4.69) is 5.32 Å². The largest absolute Gasteiger partial charge is 0.497 e. The Morgan fingerprint density at radius 3 is 1.94 bits per heavy atom. The summed E-state index contributed by atoms with van der Waals surface area (Å²) in [7, 11) is -0.713. The minimum atomic E-state index is -3.78. The van der Waals surface area contributed by atoms with Crippen molar-refractivity contribution in [3.63, 3.8) is 0 Å². The molecular weight excluding hydrogens is 446 g/mol. The molecule has 2 aromatic carbocycles. The molecule has 0 heterocycles. The van der Waals surface area contributed by atoms with Crippen LogP contribution in [0.25, 0.3) is 0 Å². The first-order valence-corrected chi connectivity index (χ1v) is 12.3. The van der Waals surface area contributed by atoms with Crippen molar-refractivity contribution in [1.29, 1.82) is 0 Å². The van der Waals surface area contributed by atoms with Crippen molar-refractivity contribution < 1.29 is 27.5 Å². The van der Waals surface area contributed by atoms with Crippen molar-refractivity contribution in [3.05, 3.63) is 54.1 Å². The zero-order chi connectivity index (χ0) is 24.6. The minimum Gasteiger partial charge on any atom is -0.497 e. The lowest BCUT2D eigenvalue weighted by atomic mass is 10.1. The summed E-state index contributed by atoms with van der Waals surface area (Å²) in [4.78, 5) is 27.3. The molecule has 0 aliphatic rings. The second kappa shape index (κ2) is 11.6. The summed E-state index contributed by atoms with van der Waals surface area (Å²) in [6, 6.07) is 12.7. The normalized spacial score (nSPS) is 11.9. The summed E-state index contributed by atoms with van der Waals surface area (Å²) >= 11 is 0. The monoisotopic (exact) mass is 477 g/mol. The minimum absolute atomic E-state index is 0.126. The van der Waals surface area contributed by atoms with Crippen LogP contribution >= 0.6 is 0 Å². The number of carbonyl (C=O) groups is 2. The summed E-state index contributed by atoms with van der Waals surface area (Å²) in [5.41, 5.74) is 1.09. The van der Waals surface area contributed by atoms with Crippen molar-refractivity contribution >= 4 is 27.5 Å². The number of sulfonamides is 1. The molecule has 0 aromatic heterocycles.